The number of alkyl halides is 1. The maximum absolute atomic E-state index is 11.8. The Labute approximate surface area is 111 Å². The SMILES string of the molecule is CC(Br)C(=O)N1CCC(c2ccccc2)CC1. The third-order valence-corrected chi connectivity index (χ3v) is 3.81. The summed E-state index contributed by atoms with van der Waals surface area (Å²) in [6.45, 7) is 3.66. The second-order valence-electron chi connectivity index (χ2n) is 4.63. The molecule has 1 amide bonds. The van der Waals surface area contributed by atoms with Gasteiger partial charge in [0.25, 0.3) is 0 Å². The smallest absolute Gasteiger partial charge is 0.236 e. The maximum atomic E-state index is 11.8. The van der Waals surface area contributed by atoms with Crippen LogP contribution in [0.4, 0.5) is 0 Å². The summed E-state index contributed by atoms with van der Waals surface area (Å²) in [6, 6.07) is 10.6. The Hall–Kier alpha value is -0.830. The van der Waals surface area contributed by atoms with Gasteiger partial charge in [-0.05, 0) is 31.2 Å². The van der Waals surface area contributed by atoms with E-state index in [2.05, 4.69) is 46.3 Å². The maximum Gasteiger partial charge on any atom is 0.236 e. The summed E-state index contributed by atoms with van der Waals surface area (Å²) < 4.78 is 0. The fourth-order valence-corrected chi connectivity index (χ4v) is 2.70. The summed E-state index contributed by atoms with van der Waals surface area (Å²) in [5.41, 5.74) is 1.41. The van der Waals surface area contributed by atoms with Gasteiger partial charge >= 0.3 is 0 Å². The van der Waals surface area contributed by atoms with Gasteiger partial charge < -0.3 is 4.90 Å². The Morgan fingerprint density at radius 2 is 1.88 bits per heavy atom. The van der Waals surface area contributed by atoms with E-state index in [9.17, 15) is 4.79 Å². The number of carbonyl (C=O) groups is 1. The lowest BCUT2D eigenvalue weighted by Crippen LogP contribution is -2.41. The van der Waals surface area contributed by atoms with Crippen LogP contribution in [0, 0.1) is 0 Å². The topological polar surface area (TPSA) is 20.3 Å². The van der Waals surface area contributed by atoms with Crippen LogP contribution >= 0.6 is 15.9 Å². The number of rotatable bonds is 2. The van der Waals surface area contributed by atoms with Gasteiger partial charge in [-0.3, -0.25) is 4.79 Å². The van der Waals surface area contributed by atoms with Crippen LogP contribution < -0.4 is 0 Å². The third-order valence-electron chi connectivity index (χ3n) is 3.42. The average Bonchev–Trinajstić information content (AvgIpc) is 2.39. The molecule has 2 nitrogen and oxygen atoms in total. The van der Waals surface area contributed by atoms with Gasteiger partial charge in [-0.1, -0.05) is 46.3 Å². The first kappa shape index (κ1) is 12.6. The molecule has 1 aromatic rings. The van der Waals surface area contributed by atoms with Crippen LogP contribution in [0.3, 0.4) is 0 Å². The summed E-state index contributed by atoms with van der Waals surface area (Å²) in [4.78, 5) is 13.7. The predicted octanol–water partition coefficient (Wildman–Crippen LogP) is 3.18. The van der Waals surface area contributed by atoms with Gasteiger partial charge in [-0.25, -0.2) is 0 Å². The van der Waals surface area contributed by atoms with Crippen molar-refractivity contribution in [3.05, 3.63) is 35.9 Å². The molecule has 1 atom stereocenters. The molecule has 17 heavy (non-hydrogen) atoms. The van der Waals surface area contributed by atoms with Crippen molar-refractivity contribution in [2.75, 3.05) is 13.1 Å². The van der Waals surface area contributed by atoms with Crippen molar-refractivity contribution in [3.63, 3.8) is 0 Å². The zero-order chi connectivity index (χ0) is 12.3. The molecule has 1 aliphatic rings. The molecule has 0 aromatic heterocycles. The molecule has 1 fully saturated rings. The van der Waals surface area contributed by atoms with Crippen LogP contribution in [0.1, 0.15) is 31.2 Å². The van der Waals surface area contributed by atoms with E-state index >= 15 is 0 Å². The van der Waals surface area contributed by atoms with Crippen LogP contribution in [-0.2, 0) is 4.79 Å². The predicted molar refractivity (Wildman–Crippen MR) is 73.4 cm³/mol. The van der Waals surface area contributed by atoms with Gasteiger partial charge in [0.1, 0.15) is 0 Å². The van der Waals surface area contributed by atoms with E-state index in [0.717, 1.165) is 25.9 Å². The van der Waals surface area contributed by atoms with Crippen LogP contribution in [0.25, 0.3) is 0 Å². The molecule has 1 saturated heterocycles. The van der Waals surface area contributed by atoms with E-state index < -0.39 is 0 Å². The molecule has 0 N–H and O–H groups in total. The minimum atomic E-state index is -0.0595. The number of likely N-dealkylation sites (tertiary alicyclic amines) is 1. The average molecular weight is 296 g/mol. The first-order valence-corrected chi connectivity index (χ1v) is 7.08. The molecular weight excluding hydrogens is 278 g/mol. The van der Waals surface area contributed by atoms with Crippen LogP contribution in [0.2, 0.25) is 0 Å². The number of halogens is 1. The lowest BCUT2D eigenvalue weighted by Gasteiger charge is -2.33. The Morgan fingerprint density at radius 3 is 2.41 bits per heavy atom. The molecule has 0 spiro atoms. The molecule has 1 aromatic carbocycles. The van der Waals surface area contributed by atoms with Gasteiger partial charge in [0, 0.05) is 13.1 Å². The number of hydrogen-bond acceptors (Lipinski definition) is 1. The quantitative estimate of drug-likeness (QED) is 0.768. The Kier molecular flexibility index (Phi) is 4.21. The lowest BCUT2D eigenvalue weighted by atomic mass is 9.89. The Balaban J connectivity index is 1.93. The largest absolute Gasteiger partial charge is 0.342 e. The number of piperidine rings is 1. The summed E-state index contributed by atoms with van der Waals surface area (Å²) in [7, 11) is 0. The molecule has 2 rings (SSSR count). The number of hydrogen-bond donors (Lipinski definition) is 0. The molecule has 1 heterocycles. The standard InChI is InChI=1S/C14H18BrNO/c1-11(15)14(17)16-9-7-13(8-10-16)12-5-3-2-4-6-12/h2-6,11,13H,7-10H2,1H3. The molecule has 1 aliphatic heterocycles. The molecule has 0 saturated carbocycles. The van der Waals surface area contributed by atoms with Crippen molar-refractivity contribution in [1.29, 1.82) is 0 Å². The zero-order valence-electron chi connectivity index (χ0n) is 10.1. The summed E-state index contributed by atoms with van der Waals surface area (Å²) >= 11 is 3.34. The van der Waals surface area contributed by atoms with Crippen molar-refractivity contribution in [2.24, 2.45) is 0 Å². The fourth-order valence-electron chi connectivity index (χ4n) is 2.41. The molecule has 92 valence electrons. The van der Waals surface area contributed by atoms with Crippen molar-refractivity contribution < 1.29 is 4.79 Å². The van der Waals surface area contributed by atoms with Crippen LogP contribution in [0.5, 0.6) is 0 Å². The molecule has 0 bridgehead atoms. The highest BCUT2D eigenvalue weighted by atomic mass is 79.9. The van der Waals surface area contributed by atoms with Gasteiger partial charge in [0.05, 0.1) is 4.83 Å². The van der Waals surface area contributed by atoms with Gasteiger partial charge in [-0.2, -0.15) is 0 Å². The minimum Gasteiger partial charge on any atom is -0.342 e. The van der Waals surface area contributed by atoms with Crippen LogP contribution in [0.15, 0.2) is 30.3 Å². The molecule has 1 unspecified atom stereocenters. The van der Waals surface area contributed by atoms with E-state index in [4.69, 9.17) is 0 Å². The van der Waals surface area contributed by atoms with E-state index in [1.54, 1.807) is 0 Å². The lowest BCUT2D eigenvalue weighted by molar-refractivity contribution is -0.131. The van der Waals surface area contributed by atoms with E-state index in [-0.39, 0.29) is 10.7 Å². The number of carbonyl (C=O) groups excluding carboxylic acids is 1. The highest BCUT2D eigenvalue weighted by Gasteiger charge is 2.25. The number of amides is 1. The van der Waals surface area contributed by atoms with Crippen molar-refractivity contribution in [2.45, 2.75) is 30.5 Å². The fraction of sp³-hybridized carbons (Fsp3) is 0.500. The number of nitrogens with zero attached hydrogens (tertiary/aromatic N) is 1. The highest BCUT2D eigenvalue weighted by Crippen LogP contribution is 2.28. The van der Waals surface area contributed by atoms with E-state index in [1.807, 2.05) is 11.8 Å². The zero-order valence-corrected chi connectivity index (χ0v) is 11.7. The second-order valence-corrected chi connectivity index (χ2v) is 6.00. The first-order chi connectivity index (χ1) is 8.18. The van der Waals surface area contributed by atoms with Crippen molar-refractivity contribution in [3.8, 4) is 0 Å². The van der Waals surface area contributed by atoms with Gasteiger partial charge in [0.2, 0.25) is 5.91 Å². The van der Waals surface area contributed by atoms with Gasteiger partial charge in [0.15, 0.2) is 0 Å². The summed E-state index contributed by atoms with van der Waals surface area (Å²) in [6.07, 6.45) is 2.16. The summed E-state index contributed by atoms with van der Waals surface area (Å²) in [5, 5.41) is 0. The van der Waals surface area contributed by atoms with E-state index in [0.29, 0.717) is 5.92 Å². The van der Waals surface area contributed by atoms with Crippen molar-refractivity contribution in [1.82, 2.24) is 4.90 Å². The van der Waals surface area contributed by atoms with E-state index in [1.165, 1.54) is 5.56 Å². The monoisotopic (exact) mass is 295 g/mol. The number of benzene rings is 1. The third kappa shape index (κ3) is 3.09. The second kappa shape index (κ2) is 5.67. The van der Waals surface area contributed by atoms with Crippen LogP contribution in [-0.4, -0.2) is 28.7 Å². The molecular formula is C14H18BrNO. The van der Waals surface area contributed by atoms with Gasteiger partial charge in [-0.15, -0.1) is 0 Å². The van der Waals surface area contributed by atoms with Crippen molar-refractivity contribution >= 4 is 21.8 Å². The molecule has 0 radical (unpaired) electrons. The minimum absolute atomic E-state index is 0.0595. The Morgan fingerprint density at radius 1 is 1.29 bits per heavy atom. The highest BCUT2D eigenvalue weighted by molar-refractivity contribution is 9.10. The normalized spacial score (nSPS) is 19.1. The first-order valence-electron chi connectivity index (χ1n) is 6.16. The molecule has 3 heteroatoms. The molecule has 0 aliphatic carbocycles. The summed E-state index contributed by atoms with van der Waals surface area (Å²) in [5.74, 6) is 0.836. The Bertz CT molecular complexity index is 369.